The zero-order valence-electron chi connectivity index (χ0n) is 9.58. The minimum atomic E-state index is -0.129. The van der Waals surface area contributed by atoms with Crippen molar-refractivity contribution in [2.75, 3.05) is 7.11 Å². The fourth-order valence-electron chi connectivity index (χ4n) is 1.25. The van der Waals surface area contributed by atoms with Crippen molar-refractivity contribution < 1.29 is 9.53 Å². The third-order valence-corrected chi connectivity index (χ3v) is 2.16. The first-order valence-electron chi connectivity index (χ1n) is 5.44. The fraction of sp³-hybridized carbons (Fsp3) is 0.750. The Balaban J connectivity index is 3.50. The number of unbranched alkanes of at least 4 members (excludes halogenated alkanes) is 3. The van der Waals surface area contributed by atoms with E-state index < -0.39 is 0 Å². The van der Waals surface area contributed by atoms with Crippen LogP contribution in [0.1, 0.15) is 46.0 Å². The molecule has 2 nitrogen and oxygen atoms in total. The van der Waals surface area contributed by atoms with Gasteiger partial charge in [0, 0.05) is 0 Å². The van der Waals surface area contributed by atoms with Crippen molar-refractivity contribution >= 4 is 5.97 Å². The van der Waals surface area contributed by atoms with Gasteiger partial charge < -0.3 is 4.74 Å². The van der Waals surface area contributed by atoms with Crippen molar-refractivity contribution in [2.45, 2.75) is 46.0 Å². The van der Waals surface area contributed by atoms with Crippen molar-refractivity contribution in [3.8, 4) is 0 Å². The molecule has 0 saturated carbocycles. The average molecular weight is 198 g/mol. The largest absolute Gasteiger partial charge is 0.469 e. The third-order valence-electron chi connectivity index (χ3n) is 2.16. The van der Waals surface area contributed by atoms with E-state index >= 15 is 0 Å². The summed E-state index contributed by atoms with van der Waals surface area (Å²) in [6, 6.07) is 0. The van der Waals surface area contributed by atoms with Crippen molar-refractivity contribution in [1.29, 1.82) is 0 Å². The first kappa shape index (κ1) is 13.2. The summed E-state index contributed by atoms with van der Waals surface area (Å²) in [6.07, 6.45) is 9.68. The molecule has 0 N–H and O–H groups in total. The van der Waals surface area contributed by atoms with Crippen LogP contribution in [0.4, 0.5) is 0 Å². The Bertz CT molecular complexity index is 173. The summed E-state index contributed by atoms with van der Waals surface area (Å²) >= 11 is 0. The highest BCUT2D eigenvalue weighted by molar-refractivity contribution is 5.69. The van der Waals surface area contributed by atoms with Gasteiger partial charge in [-0.1, -0.05) is 38.8 Å². The maximum atomic E-state index is 10.9. The molecule has 0 bridgehead atoms. The second-order valence-corrected chi connectivity index (χ2v) is 3.68. The first-order valence-corrected chi connectivity index (χ1v) is 5.44. The summed E-state index contributed by atoms with van der Waals surface area (Å²) in [5, 5.41) is 0. The molecule has 0 aliphatic heterocycles. The second kappa shape index (κ2) is 8.79. The zero-order chi connectivity index (χ0) is 10.8. The maximum Gasteiger partial charge on any atom is 0.306 e. The summed E-state index contributed by atoms with van der Waals surface area (Å²) < 4.78 is 4.59. The van der Waals surface area contributed by atoms with Crippen LogP contribution in [0.15, 0.2) is 12.2 Å². The summed E-state index contributed by atoms with van der Waals surface area (Å²) in [4.78, 5) is 10.9. The molecule has 0 aromatic heterocycles. The number of methoxy groups -OCH3 is 1. The van der Waals surface area contributed by atoms with Gasteiger partial charge in [-0.2, -0.15) is 0 Å². The van der Waals surface area contributed by atoms with Gasteiger partial charge in [0.05, 0.1) is 13.5 Å². The number of rotatable bonds is 7. The Kier molecular flexibility index (Phi) is 8.30. The average Bonchev–Trinajstić information content (AvgIpc) is 2.17. The lowest BCUT2D eigenvalue weighted by atomic mass is 10.1. The lowest BCUT2D eigenvalue weighted by Gasteiger charge is -2.03. The quantitative estimate of drug-likeness (QED) is 0.356. The van der Waals surface area contributed by atoms with E-state index in [1.165, 1.54) is 26.4 Å². The number of esters is 1. The van der Waals surface area contributed by atoms with E-state index in [0.29, 0.717) is 12.3 Å². The van der Waals surface area contributed by atoms with Gasteiger partial charge in [-0.05, 0) is 18.8 Å². The van der Waals surface area contributed by atoms with E-state index in [1.807, 2.05) is 6.92 Å². The van der Waals surface area contributed by atoms with Gasteiger partial charge >= 0.3 is 5.97 Å². The molecule has 0 radical (unpaired) electrons. The molecule has 0 aliphatic rings. The molecule has 1 atom stereocenters. The molecule has 14 heavy (non-hydrogen) atoms. The van der Waals surface area contributed by atoms with Crippen LogP contribution in [0.3, 0.4) is 0 Å². The monoisotopic (exact) mass is 198 g/mol. The molecule has 0 spiro atoms. The number of allylic oxidation sites excluding steroid dienone is 2. The van der Waals surface area contributed by atoms with Crippen LogP contribution < -0.4 is 0 Å². The lowest BCUT2D eigenvalue weighted by molar-refractivity contribution is -0.141. The SMILES string of the molecule is CCCCC/C=C/C(C)CC(=O)OC. The van der Waals surface area contributed by atoms with E-state index in [2.05, 4.69) is 23.8 Å². The van der Waals surface area contributed by atoms with E-state index in [-0.39, 0.29) is 5.97 Å². The van der Waals surface area contributed by atoms with Crippen LogP contribution in [0.5, 0.6) is 0 Å². The molecule has 0 amide bonds. The fourth-order valence-corrected chi connectivity index (χ4v) is 1.25. The molecular formula is C12H22O2. The molecule has 82 valence electrons. The Morgan fingerprint density at radius 3 is 2.71 bits per heavy atom. The standard InChI is InChI=1S/C12H22O2/c1-4-5-6-7-8-9-11(2)10-12(13)14-3/h8-9,11H,4-7,10H2,1-3H3/b9-8+. The predicted molar refractivity (Wildman–Crippen MR) is 59.1 cm³/mol. The molecule has 0 heterocycles. The van der Waals surface area contributed by atoms with Gasteiger partial charge in [-0.25, -0.2) is 0 Å². The van der Waals surface area contributed by atoms with Gasteiger partial charge in [-0.3, -0.25) is 4.79 Å². The number of carbonyl (C=O) groups excluding carboxylic acids is 1. The van der Waals surface area contributed by atoms with E-state index in [0.717, 1.165) is 6.42 Å². The van der Waals surface area contributed by atoms with Crippen LogP contribution in [-0.2, 0) is 9.53 Å². The molecule has 1 unspecified atom stereocenters. The van der Waals surface area contributed by atoms with Crippen LogP contribution >= 0.6 is 0 Å². The second-order valence-electron chi connectivity index (χ2n) is 3.68. The topological polar surface area (TPSA) is 26.3 Å². The summed E-state index contributed by atoms with van der Waals surface area (Å²) in [6.45, 7) is 4.23. The Morgan fingerprint density at radius 1 is 1.43 bits per heavy atom. The minimum absolute atomic E-state index is 0.129. The zero-order valence-corrected chi connectivity index (χ0v) is 9.58. The molecule has 0 aromatic carbocycles. The highest BCUT2D eigenvalue weighted by Gasteiger charge is 2.04. The Hall–Kier alpha value is -0.790. The first-order chi connectivity index (χ1) is 6.70. The molecule has 0 aromatic rings. The number of ether oxygens (including phenoxy) is 1. The van der Waals surface area contributed by atoms with Crippen molar-refractivity contribution in [1.82, 2.24) is 0 Å². The summed E-state index contributed by atoms with van der Waals surface area (Å²) in [7, 11) is 1.43. The third kappa shape index (κ3) is 7.84. The van der Waals surface area contributed by atoms with E-state index in [1.54, 1.807) is 0 Å². The highest BCUT2D eigenvalue weighted by Crippen LogP contribution is 2.07. The normalized spacial score (nSPS) is 13.1. The smallest absolute Gasteiger partial charge is 0.306 e. The molecule has 0 rings (SSSR count). The van der Waals surface area contributed by atoms with Crippen LogP contribution in [0.25, 0.3) is 0 Å². The van der Waals surface area contributed by atoms with Crippen molar-refractivity contribution in [2.24, 2.45) is 5.92 Å². The molecule has 0 aliphatic carbocycles. The Labute approximate surface area is 87.3 Å². The van der Waals surface area contributed by atoms with Crippen LogP contribution in [-0.4, -0.2) is 13.1 Å². The van der Waals surface area contributed by atoms with Crippen molar-refractivity contribution in [3.05, 3.63) is 12.2 Å². The van der Waals surface area contributed by atoms with Crippen LogP contribution in [0, 0.1) is 5.92 Å². The molecule has 0 fully saturated rings. The number of hydrogen-bond donors (Lipinski definition) is 0. The summed E-state index contributed by atoms with van der Waals surface area (Å²) in [5.74, 6) is 0.166. The molecular weight excluding hydrogens is 176 g/mol. The van der Waals surface area contributed by atoms with Gasteiger partial charge in [0.25, 0.3) is 0 Å². The molecule has 0 saturated heterocycles. The van der Waals surface area contributed by atoms with E-state index in [9.17, 15) is 4.79 Å². The van der Waals surface area contributed by atoms with E-state index in [4.69, 9.17) is 0 Å². The highest BCUT2D eigenvalue weighted by atomic mass is 16.5. The Morgan fingerprint density at radius 2 is 2.14 bits per heavy atom. The minimum Gasteiger partial charge on any atom is -0.469 e. The molecule has 2 heteroatoms. The van der Waals surface area contributed by atoms with Gasteiger partial charge in [0.15, 0.2) is 0 Å². The maximum absolute atomic E-state index is 10.9. The van der Waals surface area contributed by atoms with Gasteiger partial charge in [0.2, 0.25) is 0 Å². The van der Waals surface area contributed by atoms with Gasteiger partial charge in [-0.15, -0.1) is 0 Å². The predicted octanol–water partition coefficient (Wildman–Crippen LogP) is 3.32. The number of hydrogen-bond acceptors (Lipinski definition) is 2. The summed E-state index contributed by atoms with van der Waals surface area (Å²) in [5.41, 5.74) is 0. The van der Waals surface area contributed by atoms with Crippen LogP contribution in [0.2, 0.25) is 0 Å². The van der Waals surface area contributed by atoms with Gasteiger partial charge in [0.1, 0.15) is 0 Å². The lowest BCUT2D eigenvalue weighted by Crippen LogP contribution is -2.04. The van der Waals surface area contributed by atoms with Crippen molar-refractivity contribution in [3.63, 3.8) is 0 Å². The number of carbonyl (C=O) groups is 1.